The van der Waals surface area contributed by atoms with E-state index in [1.54, 1.807) is 19.2 Å². The van der Waals surface area contributed by atoms with Crippen LogP contribution in [-0.2, 0) is 27.1 Å². The Balaban J connectivity index is 1.42. The molecule has 0 spiro atoms. The first-order valence-electron chi connectivity index (χ1n) is 16.7. The van der Waals surface area contributed by atoms with E-state index in [9.17, 15) is 9.18 Å². The van der Waals surface area contributed by atoms with Crippen LogP contribution in [0.15, 0.2) is 42.5 Å². The number of hydrogen-bond acceptors (Lipinski definition) is 5. The number of likely N-dealkylation sites (N-methyl/N-ethyl adjacent to an activating group) is 1. The van der Waals surface area contributed by atoms with E-state index in [-0.39, 0.29) is 23.8 Å². The average molecular weight is 598 g/mol. The van der Waals surface area contributed by atoms with E-state index < -0.39 is 5.60 Å². The standard InChI is InChI=1S/C37H56FNO4/c1-6-7-8-9-10-11-12-13-27-42-33-20-17-30(18-21-33)23-25-39(4)26-24-37(41-5,29(2)3)36(40)43-35-16-14-15-31-28-32(38)19-22-34(31)35/h17-22,28-29,35H,6-16,23-27H2,1-5H3/t35-,37+/m1/s1. The summed E-state index contributed by atoms with van der Waals surface area (Å²) < 4.78 is 31.8. The Morgan fingerprint density at radius 1 is 1.00 bits per heavy atom. The fourth-order valence-electron chi connectivity index (χ4n) is 6.10. The minimum absolute atomic E-state index is 0.0620. The molecule has 0 fully saturated rings. The largest absolute Gasteiger partial charge is 0.494 e. The molecule has 0 N–H and O–H groups in total. The van der Waals surface area contributed by atoms with Gasteiger partial charge in [-0.1, -0.05) is 83.9 Å². The van der Waals surface area contributed by atoms with E-state index in [2.05, 4.69) is 43.1 Å². The number of halogens is 1. The van der Waals surface area contributed by atoms with E-state index >= 15 is 0 Å². The quantitative estimate of drug-likeness (QED) is 0.113. The van der Waals surface area contributed by atoms with Gasteiger partial charge in [0.15, 0.2) is 5.60 Å². The third-order valence-corrected chi connectivity index (χ3v) is 9.09. The third kappa shape index (κ3) is 10.9. The maximum atomic E-state index is 13.8. The van der Waals surface area contributed by atoms with Gasteiger partial charge in [0, 0.05) is 26.6 Å². The maximum Gasteiger partial charge on any atom is 0.339 e. The Morgan fingerprint density at radius 3 is 2.37 bits per heavy atom. The number of hydrogen-bond donors (Lipinski definition) is 0. The van der Waals surface area contributed by atoms with Gasteiger partial charge in [-0.15, -0.1) is 0 Å². The fraction of sp³-hybridized carbons (Fsp3) is 0.649. The molecule has 6 heteroatoms. The van der Waals surface area contributed by atoms with Crippen molar-refractivity contribution in [1.29, 1.82) is 0 Å². The second-order valence-electron chi connectivity index (χ2n) is 12.6. The van der Waals surface area contributed by atoms with Gasteiger partial charge in [-0.2, -0.15) is 0 Å². The lowest BCUT2D eigenvalue weighted by Crippen LogP contribution is -2.49. The predicted molar refractivity (Wildman–Crippen MR) is 173 cm³/mol. The fourth-order valence-corrected chi connectivity index (χ4v) is 6.10. The molecule has 0 aromatic heterocycles. The van der Waals surface area contributed by atoms with E-state index in [4.69, 9.17) is 14.2 Å². The molecule has 1 aliphatic rings. The first-order valence-corrected chi connectivity index (χ1v) is 16.7. The van der Waals surface area contributed by atoms with Crippen molar-refractivity contribution in [2.75, 3.05) is 33.9 Å². The molecule has 0 amide bonds. The summed E-state index contributed by atoms with van der Waals surface area (Å²) in [5, 5.41) is 0. The highest BCUT2D eigenvalue weighted by Gasteiger charge is 2.44. The zero-order valence-electron chi connectivity index (χ0n) is 27.5. The van der Waals surface area contributed by atoms with Gasteiger partial charge in [0.2, 0.25) is 0 Å². The van der Waals surface area contributed by atoms with E-state index in [1.807, 2.05) is 13.8 Å². The molecule has 5 nitrogen and oxygen atoms in total. The van der Waals surface area contributed by atoms with Crippen LogP contribution in [0.2, 0.25) is 0 Å². The predicted octanol–water partition coefficient (Wildman–Crippen LogP) is 8.87. The van der Waals surface area contributed by atoms with Crippen LogP contribution in [0, 0.1) is 11.7 Å². The number of unbranched alkanes of at least 4 members (excludes halogenated alkanes) is 7. The van der Waals surface area contributed by atoms with Gasteiger partial charge < -0.3 is 19.1 Å². The lowest BCUT2D eigenvalue weighted by atomic mass is 9.85. The summed E-state index contributed by atoms with van der Waals surface area (Å²) in [5.74, 6) is 0.294. The summed E-state index contributed by atoms with van der Waals surface area (Å²) in [7, 11) is 3.68. The van der Waals surface area contributed by atoms with Crippen molar-refractivity contribution in [3.8, 4) is 5.75 Å². The number of carbonyl (C=O) groups excluding carboxylic acids is 1. The second kappa shape index (κ2) is 18.4. The Hall–Kier alpha value is -2.44. The van der Waals surface area contributed by atoms with Crippen molar-refractivity contribution in [3.63, 3.8) is 0 Å². The van der Waals surface area contributed by atoms with Crippen LogP contribution >= 0.6 is 0 Å². The number of methoxy groups -OCH3 is 1. The highest BCUT2D eigenvalue weighted by Crippen LogP contribution is 2.36. The van der Waals surface area contributed by atoms with E-state index in [1.165, 1.54) is 56.6 Å². The van der Waals surface area contributed by atoms with Crippen molar-refractivity contribution in [2.24, 2.45) is 5.92 Å². The Bertz CT molecular complexity index is 1090. The number of nitrogens with zero attached hydrogens (tertiary/aromatic N) is 1. The first-order chi connectivity index (χ1) is 20.8. The van der Waals surface area contributed by atoms with Crippen molar-refractivity contribution in [2.45, 2.75) is 116 Å². The molecule has 2 atom stereocenters. The first kappa shape index (κ1) is 35.0. The van der Waals surface area contributed by atoms with Crippen LogP contribution in [0.3, 0.4) is 0 Å². The number of esters is 1. The van der Waals surface area contributed by atoms with Crippen LogP contribution in [-0.4, -0.2) is 50.3 Å². The van der Waals surface area contributed by atoms with Gasteiger partial charge in [0.25, 0.3) is 0 Å². The number of benzene rings is 2. The summed E-state index contributed by atoms with van der Waals surface area (Å²) in [4.78, 5) is 15.9. The number of fused-ring (bicyclic) bond motifs is 1. The summed E-state index contributed by atoms with van der Waals surface area (Å²) >= 11 is 0. The summed E-state index contributed by atoms with van der Waals surface area (Å²) in [5.41, 5.74) is 2.07. The molecule has 0 heterocycles. The molecule has 0 radical (unpaired) electrons. The Kier molecular flexibility index (Phi) is 15.0. The van der Waals surface area contributed by atoms with Gasteiger partial charge in [0.05, 0.1) is 6.61 Å². The molecule has 0 saturated heterocycles. The van der Waals surface area contributed by atoms with Crippen LogP contribution in [0.5, 0.6) is 5.75 Å². The number of rotatable bonds is 20. The number of ether oxygens (including phenoxy) is 3. The summed E-state index contributed by atoms with van der Waals surface area (Å²) in [6.07, 6.45) is 13.9. The van der Waals surface area contributed by atoms with Crippen LogP contribution in [0.4, 0.5) is 4.39 Å². The van der Waals surface area contributed by atoms with Crippen molar-refractivity contribution in [1.82, 2.24) is 4.90 Å². The minimum Gasteiger partial charge on any atom is -0.494 e. The lowest BCUT2D eigenvalue weighted by Gasteiger charge is -2.37. The van der Waals surface area contributed by atoms with Crippen LogP contribution < -0.4 is 4.74 Å². The van der Waals surface area contributed by atoms with Crippen LogP contribution in [0.1, 0.15) is 114 Å². The van der Waals surface area contributed by atoms with Crippen LogP contribution in [0.25, 0.3) is 0 Å². The van der Waals surface area contributed by atoms with Crippen molar-refractivity contribution < 1.29 is 23.4 Å². The lowest BCUT2D eigenvalue weighted by molar-refractivity contribution is -0.183. The highest BCUT2D eigenvalue weighted by atomic mass is 19.1. The molecule has 0 saturated carbocycles. The summed E-state index contributed by atoms with van der Waals surface area (Å²) in [6, 6.07) is 13.2. The summed E-state index contributed by atoms with van der Waals surface area (Å²) in [6.45, 7) is 8.62. The third-order valence-electron chi connectivity index (χ3n) is 9.09. The zero-order valence-corrected chi connectivity index (χ0v) is 27.5. The molecule has 3 rings (SSSR count). The highest BCUT2D eigenvalue weighted by molar-refractivity contribution is 5.80. The van der Waals surface area contributed by atoms with Gasteiger partial charge >= 0.3 is 5.97 Å². The van der Waals surface area contributed by atoms with Gasteiger partial charge in [-0.25, -0.2) is 9.18 Å². The number of aryl methyl sites for hydroxylation is 1. The normalized spacial score (nSPS) is 16.2. The van der Waals surface area contributed by atoms with Crippen molar-refractivity contribution in [3.05, 3.63) is 65.0 Å². The zero-order chi connectivity index (χ0) is 31.1. The molecule has 2 aromatic carbocycles. The molecular weight excluding hydrogens is 541 g/mol. The Morgan fingerprint density at radius 2 is 1.70 bits per heavy atom. The molecule has 0 bridgehead atoms. The van der Waals surface area contributed by atoms with Gasteiger partial charge in [-0.3, -0.25) is 0 Å². The van der Waals surface area contributed by atoms with Crippen molar-refractivity contribution >= 4 is 5.97 Å². The molecule has 1 aliphatic carbocycles. The van der Waals surface area contributed by atoms with E-state index in [0.717, 1.165) is 62.1 Å². The van der Waals surface area contributed by atoms with Gasteiger partial charge in [0.1, 0.15) is 17.7 Å². The Labute approximate surface area is 260 Å². The second-order valence-corrected chi connectivity index (χ2v) is 12.6. The smallest absolute Gasteiger partial charge is 0.339 e. The molecule has 0 unspecified atom stereocenters. The van der Waals surface area contributed by atoms with E-state index in [0.29, 0.717) is 13.0 Å². The SMILES string of the molecule is CCCCCCCCCCOc1ccc(CCN(C)CC[C@@](OC)(C(=O)O[C@@H]2CCCc3cc(F)ccc32)C(C)C)cc1. The monoisotopic (exact) mass is 597 g/mol. The number of carbonyl (C=O) groups is 1. The maximum absolute atomic E-state index is 13.8. The van der Waals surface area contributed by atoms with Gasteiger partial charge in [-0.05, 0) is 86.0 Å². The molecule has 2 aromatic rings. The topological polar surface area (TPSA) is 48.0 Å². The molecule has 240 valence electrons. The molecule has 0 aliphatic heterocycles. The molecule has 43 heavy (non-hydrogen) atoms. The minimum atomic E-state index is -1.04. The molecular formula is C37H56FNO4. The average Bonchev–Trinajstić information content (AvgIpc) is 3.00.